The van der Waals surface area contributed by atoms with E-state index in [2.05, 4.69) is 10.0 Å². The zero-order valence-electron chi connectivity index (χ0n) is 12.1. The molecule has 116 valence electrons. The van der Waals surface area contributed by atoms with Crippen molar-refractivity contribution in [2.75, 3.05) is 6.54 Å². The van der Waals surface area contributed by atoms with Gasteiger partial charge in [0, 0.05) is 15.7 Å². The van der Waals surface area contributed by atoms with Gasteiger partial charge in [0.05, 0.1) is 17.7 Å². The van der Waals surface area contributed by atoms with Gasteiger partial charge in [-0.2, -0.15) is 0 Å². The van der Waals surface area contributed by atoms with Gasteiger partial charge in [0.25, 0.3) is 0 Å². The third-order valence-corrected chi connectivity index (χ3v) is 4.31. The summed E-state index contributed by atoms with van der Waals surface area (Å²) in [5.41, 5.74) is 8.98. The molecule has 5 nitrogen and oxygen atoms in total. The van der Waals surface area contributed by atoms with E-state index in [9.17, 15) is 10.2 Å². The molecule has 0 bridgehead atoms. The Labute approximate surface area is 137 Å². The van der Waals surface area contributed by atoms with Crippen LogP contribution in [0.15, 0.2) is 53.6 Å². The molecule has 23 heavy (non-hydrogen) atoms. The van der Waals surface area contributed by atoms with Crippen LogP contribution < -0.4 is 0 Å². The van der Waals surface area contributed by atoms with E-state index in [1.54, 1.807) is 0 Å². The Morgan fingerprint density at radius 1 is 0.957 bits per heavy atom. The van der Waals surface area contributed by atoms with E-state index in [1.165, 1.54) is 0 Å². The third kappa shape index (κ3) is 2.71. The highest BCUT2D eigenvalue weighted by molar-refractivity contribution is 6.41. The van der Waals surface area contributed by atoms with E-state index in [1.807, 2.05) is 48.5 Å². The summed E-state index contributed by atoms with van der Waals surface area (Å²) in [5.74, 6) is 0. The highest BCUT2D eigenvalue weighted by Gasteiger charge is 2.23. The second-order valence-electron chi connectivity index (χ2n) is 5.24. The summed E-state index contributed by atoms with van der Waals surface area (Å²) in [6.07, 6.45) is -2.38. The molecular formula is C17H14ClN3O2. The van der Waals surface area contributed by atoms with Crippen molar-refractivity contribution >= 4 is 33.1 Å². The Morgan fingerprint density at radius 3 is 1.91 bits per heavy atom. The van der Waals surface area contributed by atoms with Crippen molar-refractivity contribution in [3.05, 3.63) is 69.6 Å². The molecule has 0 heterocycles. The second-order valence-corrected chi connectivity index (χ2v) is 5.62. The molecule has 0 amide bonds. The number of fused-ring (bicyclic) bond motifs is 2. The number of halogens is 1. The van der Waals surface area contributed by atoms with E-state index >= 15 is 0 Å². The first-order chi connectivity index (χ1) is 11.1. The van der Waals surface area contributed by atoms with E-state index in [0.717, 1.165) is 21.5 Å². The Balaban J connectivity index is 2.32. The summed E-state index contributed by atoms with van der Waals surface area (Å²) in [6.45, 7) is -0.205. The fraction of sp³-hybridized carbons (Fsp3) is 0.176. The maximum atomic E-state index is 10.6. The molecule has 0 aromatic heterocycles. The van der Waals surface area contributed by atoms with E-state index in [0.29, 0.717) is 10.6 Å². The Morgan fingerprint density at radius 2 is 1.43 bits per heavy atom. The first kappa shape index (κ1) is 15.6. The largest absolute Gasteiger partial charge is 0.390 e. The lowest BCUT2D eigenvalue weighted by Crippen LogP contribution is -2.21. The summed E-state index contributed by atoms with van der Waals surface area (Å²) < 4.78 is 0. The zero-order chi connectivity index (χ0) is 16.4. The van der Waals surface area contributed by atoms with E-state index in [-0.39, 0.29) is 6.54 Å². The van der Waals surface area contributed by atoms with Crippen LogP contribution in [0.25, 0.3) is 32.0 Å². The topological polar surface area (TPSA) is 89.2 Å². The maximum Gasteiger partial charge on any atom is 0.106 e. The summed E-state index contributed by atoms with van der Waals surface area (Å²) in [7, 11) is 0. The van der Waals surface area contributed by atoms with Crippen molar-refractivity contribution in [1.29, 1.82) is 0 Å². The maximum absolute atomic E-state index is 10.6. The molecule has 0 saturated carbocycles. The molecular weight excluding hydrogens is 314 g/mol. The highest BCUT2D eigenvalue weighted by Crippen LogP contribution is 2.39. The number of benzene rings is 3. The normalized spacial score (nSPS) is 13.7. The van der Waals surface area contributed by atoms with Gasteiger partial charge in [-0.05, 0) is 21.9 Å². The molecule has 6 heteroatoms. The van der Waals surface area contributed by atoms with Gasteiger partial charge in [-0.25, -0.2) is 0 Å². The predicted octanol–water partition coefficient (Wildman–Crippen LogP) is 4.35. The molecule has 0 aliphatic carbocycles. The molecule has 2 N–H and O–H groups in total. The van der Waals surface area contributed by atoms with Crippen molar-refractivity contribution in [3.63, 3.8) is 0 Å². The van der Waals surface area contributed by atoms with E-state index < -0.39 is 12.2 Å². The Bertz CT molecular complexity index is 865. The summed E-state index contributed by atoms with van der Waals surface area (Å²) in [5, 5.41) is 27.9. The number of rotatable bonds is 4. The number of hydrogen-bond donors (Lipinski definition) is 2. The fourth-order valence-corrected chi connectivity index (χ4v) is 3.17. The average molecular weight is 328 g/mol. The standard InChI is InChI=1S/C17H14ClN3O2/c18-16-12-7-3-1-5-10(12)15(11-6-2-4-8-13(11)16)17(23)14(22)9-20-21-19/h1-8,14,17,22-23H,9H2. The molecule has 0 fully saturated rings. The van der Waals surface area contributed by atoms with Crippen molar-refractivity contribution in [1.82, 2.24) is 0 Å². The van der Waals surface area contributed by atoms with Crippen LogP contribution in [-0.2, 0) is 0 Å². The quantitative estimate of drug-likeness (QED) is 0.323. The van der Waals surface area contributed by atoms with Crippen LogP contribution in [0.5, 0.6) is 0 Å². The van der Waals surface area contributed by atoms with Gasteiger partial charge in [-0.3, -0.25) is 0 Å². The zero-order valence-corrected chi connectivity index (χ0v) is 12.9. The van der Waals surface area contributed by atoms with Crippen molar-refractivity contribution in [3.8, 4) is 0 Å². The number of nitrogens with zero attached hydrogens (tertiary/aromatic N) is 3. The van der Waals surface area contributed by atoms with Gasteiger partial charge >= 0.3 is 0 Å². The summed E-state index contributed by atoms with van der Waals surface area (Å²) in [4.78, 5) is 2.62. The third-order valence-electron chi connectivity index (χ3n) is 3.90. The lowest BCUT2D eigenvalue weighted by Gasteiger charge is -2.21. The minimum absolute atomic E-state index is 0.205. The number of azide groups is 1. The van der Waals surface area contributed by atoms with Gasteiger partial charge in [-0.1, -0.05) is 65.2 Å². The molecule has 2 unspecified atom stereocenters. The molecule has 3 aromatic rings. The van der Waals surface area contributed by atoms with Crippen molar-refractivity contribution in [2.24, 2.45) is 5.11 Å². The van der Waals surface area contributed by atoms with Crippen LogP contribution in [0.1, 0.15) is 11.7 Å². The average Bonchev–Trinajstić information content (AvgIpc) is 2.60. The van der Waals surface area contributed by atoms with Gasteiger partial charge < -0.3 is 10.2 Å². The highest BCUT2D eigenvalue weighted by atomic mass is 35.5. The van der Waals surface area contributed by atoms with Gasteiger partial charge in [0.2, 0.25) is 0 Å². The number of hydrogen-bond acceptors (Lipinski definition) is 3. The fourth-order valence-electron chi connectivity index (χ4n) is 2.84. The number of aliphatic hydroxyl groups is 2. The minimum Gasteiger partial charge on any atom is -0.390 e. The first-order valence-corrected chi connectivity index (χ1v) is 7.48. The van der Waals surface area contributed by atoms with Crippen LogP contribution in [0.4, 0.5) is 0 Å². The molecule has 2 atom stereocenters. The predicted molar refractivity (Wildman–Crippen MR) is 91.4 cm³/mol. The van der Waals surface area contributed by atoms with Crippen LogP contribution >= 0.6 is 11.6 Å². The van der Waals surface area contributed by atoms with Crippen LogP contribution in [-0.4, -0.2) is 22.9 Å². The number of aliphatic hydroxyl groups excluding tert-OH is 2. The van der Waals surface area contributed by atoms with Crippen molar-refractivity contribution in [2.45, 2.75) is 12.2 Å². The lowest BCUT2D eigenvalue weighted by molar-refractivity contribution is 0.0261. The molecule has 3 rings (SSSR count). The Kier molecular flexibility index (Phi) is 4.37. The lowest BCUT2D eigenvalue weighted by atomic mass is 9.91. The van der Waals surface area contributed by atoms with E-state index in [4.69, 9.17) is 17.1 Å². The summed E-state index contributed by atoms with van der Waals surface area (Å²) in [6, 6.07) is 14.9. The monoisotopic (exact) mass is 327 g/mol. The van der Waals surface area contributed by atoms with Gasteiger partial charge in [0.15, 0.2) is 0 Å². The molecule has 0 spiro atoms. The van der Waals surface area contributed by atoms with Gasteiger partial charge in [0.1, 0.15) is 6.10 Å². The first-order valence-electron chi connectivity index (χ1n) is 7.11. The summed E-state index contributed by atoms with van der Waals surface area (Å²) >= 11 is 6.50. The second kappa shape index (κ2) is 6.44. The van der Waals surface area contributed by atoms with Crippen molar-refractivity contribution < 1.29 is 10.2 Å². The molecule has 0 saturated heterocycles. The molecule has 0 radical (unpaired) electrons. The van der Waals surface area contributed by atoms with Crippen LogP contribution in [0.2, 0.25) is 5.02 Å². The van der Waals surface area contributed by atoms with Crippen LogP contribution in [0, 0.1) is 0 Å². The minimum atomic E-state index is -1.20. The SMILES string of the molecule is [N-]=[N+]=NCC(O)C(O)c1c2ccccc2c(Cl)c2ccccc12. The molecule has 0 aliphatic rings. The molecule has 3 aromatic carbocycles. The van der Waals surface area contributed by atoms with Crippen LogP contribution in [0.3, 0.4) is 0 Å². The Hall–Kier alpha value is -2.30. The molecule has 0 aliphatic heterocycles. The smallest absolute Gasteiger partial charge is 0.106 e. The van der Waals surface area contributed by atoms with Gasteiger partial charge in [-0.15, -0.1) is 0 Å².